The molecule has 3 aliphatic heterocycles. The van der Waals surface area contributed by atoms with Crippen molar-refractivity contribution in [2.45, 2.75) is 375 Å². The van der Waals surface area contributed by atoms with Crippen LogP contribution >= 0.6 is 0 Å². The van der Waals surface area contributed by atoms with E-state index in [0.717, 1.165) is 44.9 Å². The molecule has 17 unspecified atom stereocenters. The predicted octanol–water partition coefficient (Wildman–Crippen LogP) is 7.94. The minimum absolute atomic E-state index is 0.236. The molecule has 3 fully saturated rings. The number of carbonyl (C=O) groups excluding carboxylic acids is 1. The number of rotatable bonds is 52. The first-order valence-electron chi connectivity index (χ1n) is 33.8. The third-order valence-electron chi connectivity index (χ3n) is 17.4. The molecule has 0 radical (unpaired) electrons. The molecule has 0 saturated carbocycles. The Morgan fingerprint density at radius 3 is 1.05 bits per heavy atom. The fraction of sp³-hybridized carbons (Fsp3) is 0.984. The number of aliphatic hydroxyl groups excluding tert-OH is 11. The van der Waals surface area contributed by atoms with Gasteiger partial charge in [0.2, 0.25) is 5.91 Å². The van der Waals surface area contributed by atoms with Crippen LogP contribution in [0.15, 0.2) is 0 Å². The molecule has 19 nitrogen and oxygen atoms in total. The first-order valence-corrected chi connectivity index (χ1v) is 33.8. The van der Waals surface area contributed by atoms with Crippen LogP contribution in [0.4, 0.5) is 0 Å². The summed E-state index contributed by atoms with van der Waals surface area (Å²) in [4.78, 5) is 13.4. The second-order valence-corrected chi connectivity index (χ2v) is 24.7. The summed E-state index contributed by atoms with van der Waals surface area (Å²) in [5.74, 6) is -0.236. The lowest BCUT2D eigenvalue weighted by molar-refractivity contribution is -0.379. The number of amides is 1. The summed E-state index contributed by atoms with van der Waals surface area (Å²) in [5, 5.41) is 121. The van der Waals surface area contributed by atoms with Gasteiger partial charge in [-0.15, -0.1) is 0 Å². The smallest absolute Gasteiger partial charge is 0.220 e. The first-order chi connectivity index (χ1) is 40.3. The molecule has 0 bridgehead atoms. The Morgan fingerprint density at radius 1 is 0.386 bits per heavy atom. The zero-order valence-corrected chi connectivity index (χ0v) is 51.7. The van der Waals surface area contributed by atoms with Crippen LogP contribution in [0.2, 0.25) is 0 Å². The highest BCUT2D eigenvalue weighted by atomic mass is 16.8. The van der Waals surface area contributed by atoms with Crippen LogP contribution in [0.25, 0.3) is 0 Å². The molecular weight excluding hydrogens is 1070 g/mol. The highest BCUT2D eigenvalue weighted by Gasteiger charge is 2.53. The van der Waals surface area contributed by atoms with Crippen LogP contribution in [0.1, 0.15) is 271 Å². The van der Waals surface area contributed by atoms with Crippen molar-refractivity contribution in [1.82, 2.24) is 5.32 Å². The summed E-state index contributed by atoms with van der Waals surface area (Å²) >= 11 is 0. The summed E-state index contributed by atoms with van der Waals surface area (Å²) in [6.07, 6.45) is 21.8. The minimum Gasteiger partial charge on any atom is -0.394 e. The van der Waals surface area contributed by atoms with Gasteiger partial charge in [0.15, 0.2) is 18.9 Å². The standard InChI is InChI=1S/C64H123NO18/c1-3-5-7-9-11-13-15-17-19-21-22-23-24-26-28-30-32-34-36-38-40-42-52(70)65-47(48(69)41-39-37-35-33-31-29-27-25-20-18-16-14-12-10-8-6-4-2)46-78-62-58(76)55(73)60(50(44-67)80-62)83-64-59(77)56(74)61(51(45-68)81-64)82-63-57(75)54(72)53(71)49(43-66)79-63/h47-51,53-64,66-69,71-77H,3-46H2,1-2H3,(H,65,70). The normalized spacial score (nSPS) is 29.3. The molecule has 12 N–H and O–H groups in total. The van der Waals surface area contributed by atoms with Gasteiger partial charge in [-0.05, 0) is 12.8 Å². The Hall–Kier alpha value is -1.21. The second kappa shape index (κ2) is 47.7. The Kier molecular flexibility index (Phi) is 43.7. The summed E-state index contributed by atoms with van der Waals surface area (Å²) in [5.41, 5.74) is 0. The maximum Gasteiger partial charge on any atom is 0.220 e. The van der Waals surface area contributed by atoms with Gasteiger partial charge < -0.3 is 89.9 Å². The monoisotopic (exact) mass is 1190 g/mol. The van der Waals surface area contributed by atoms with Crippen molar-refractivity contribution in [3.63, 3.8) is 0 Å². The molecule has 0 spiro atoms. The van der Waals surface area contributed by atoms with Crippen molar-refractivity contribution in [3.05, 3.63) is 0 Å². The average molecular weight is 1190 g/mol. The lowest BCUT2D eigenvalue weighted by Crippen LogP contribution is -2.66. The first kappa shape index (κ1) is 76.0. The molecule has 17 atom stereocenters. The fourth-order valence-electron chi connectivity index (χ4n) is 11.9. The van der Waals surface area contributed by atoms with Gasteiger partial charge in [0.05, 0.1) is 38.6 Å². The molecular formula is C64H123NO18. The number of nitrogens with one attached hydrogen (secondary N) is 1. The number of hydrogen-bond acceptors (Lipinski definition) is 18. The van der Waals surface area contributed by atoms with Gasteiger partial charge in [-0.2, -0.15) is 0 Å². The highest BCUT2D eigenvalue weighted by molar-refractivity contribution is 5.76. The molecule has 0 aromatic heterocycles. The third-order valence-corrected chi connectivity index (χ3v) is 17.4. The molecule has 19 heteroatoms. The van der Waals surface area contributed by atoms with Gasteiger partial charge in [-0.25, -0.2) is 0 Å². The molecule has 492 valence electrons. The van der Waals surface area contributed by atoms with Crippen molar-refractivity contribution in [2.24, 2.45) is 0 Å². The lowest BCUT2D eigenvalue weighted by atomic mass is 9.96. The Morgan fingerprint density at radius 2 is 0.687 bits per heavy atom. The van der Waals surface area contributed by atoms with Crippen molar-refractivity contribution >= 4 is 5.91 Å². The van der Waals surface area contributed by atoms with Gasteiger partial charge in [0, 0.05) is 6.42 Å². The third kappa shape index (κ3) is 30.7. The van der Waals surface area contributed by atoms with Crippen molar-refractivity contribution in [2.75, 3.05) is 26.4 Å². The van der Waals surface area contributed by atoms with E-state index in [0.29, 0.717) is 12.8 Å². The number of unbranched alkanes of at least 4 members (excludes halogenated alkanes) is 36. The van der Waals surface area contributed by atoms with Gasteiger partial charge in [-0.1, -0.05) is 251 Å². The molecule has 0 aromatic rings. The Balaban J connectivity index is 1.44. The van der Waals surface area contributed by atoms with Crippen LogP contribution in [0, 0.1) is 0 Å². The zero-order valence-electron chi connectivity index (χ0n) is 51.7. The molecule has 3 rings (SSSR count). The van der Waals surface area contributed by atoms with E-state index in [-0.39, 0.29) is 18.9 Å². The maximum atomic E-state index is 13.4. The highest BCUT2D eigenvalue weighted by Crippen LogP contribution is 2.33. The van der Waals surface area contributed by atoms with E-state index in [2.05, 4.69) is 19.2 Å². The zero-order chi connectivity index (χ0) is 60.5. The van der Waals surface area contributed by atoms with Crippen LogP contribution in [0.3, 0.4) is 0 Å². The summed E-state index contributed by atoms with van der Waals surface area (Å²) in [6, 6.07) is -0.881. The molecule has 0 aromatic carbocycles. The van der Waals surface area contributed by atoms with Gasteiger partial charge in [0.1, 0.15) is 73.2 Å². The minimum atomic E-state index is -1.97. The van der Waals surface area contributed by atoms with Crippen molar-refractivity contribution < 1.29 is 89.4 Å². The Bertz CT molecular complexity index is 1520. The van der Waals surface area contributed by atoms with Crippen LogP contribution in [0.5, 0.6) is 0 Å². The molecule has 3 aliphatic rings. The van der Waals surface area contributed by atoms with Crippen molar-refractivity contribution in [1.29, 1.82) is 0 Å². The van der Waals surface area contributed by atoms with Crippen LogP contribution in [-0.4, -0.2) is 193 Å². The van der Waals surface area contributed by atoms with E-state index in [1.165, 1.54) is 193 Å². The predicted molar refractivity (Wildman–Crippen MR) is 319 cm³/mol. The summed E-state index contributed by atoms with van der Waals surface area (Å²) in [7, 11) is 0. The topological polar surface area (TPSA) is 307 Å². The average Bonchev–Trinajstić information content (AvgIpc) is 3.34. The summed E-state index contributed by atoms with van der Waals surface area (Å²) < 4.78 is 34.4. The Labute approximate surface area is 500 Å². The lowest BCUT2D eigenvalue weighted by Gasteiger charge is -2.48. The van der Waals surface area contributed by atoms with E-state index < -0.39 is 124 Å². The second-order valence-electron chi connectivity index (χ2n) is 24.7. The molecule has 3 saturated heterocycles. The molecule has 3 heterocycles. The largest absolute Gasteiger partial charge is 0.394 e. The van der Waals surface area contributed by atoms with E-state index >= 15 is 0 Å². The van der Waals surface area contributed by atoms with Crippen LogP contribution in [-0.2, 0) is 33.2 Å². The van der Waals surface area contributed by atoms with Gasteiger partial charge >= 0.3 is 0 Å². The number of ether oxygens (including phenoxy) is 6. The number of aliphatic hydroxyl groups is 11. The van der Waals surface area contributed by atoms with Crippen LogP contribution < -0.4 is 5.32 Å². The van der Waals surface area contributed by atoms with E-state index in [4.69, 9.17) is 28.4 Å². The number of carbonyl (C=O) groups is 1. The molecule has 0 aliphatic carbocycles. The SMILES string of the molecule is CCCCCCCCCCCCCCCCCCCCCCCC(=O)NC(COC1OC(CO)C(OC2OC(CO)C(OC3OC(CO)C(O)C(O)C3O)C(O)C2O)C(O)C1O)C(O)CCCCCCCCCCCCCCCCCCC. The molecule has 1 amide bonds. The van der Waals surface area contributed by atoms with E-state index in [9.17, 15) is 61.0 Å². The quantitative estimate of drug-likeness (QED) is 0.0257. The maximum absolute atomic E-state index is 13.4. The molecule has 83 heavy (non-hydrogen) atoms. The van der Waals surface area contributed by atoms with Gasteiger partial charge in [-0.3, -0.25) is 4.79 Å². The fourth-order valence-corrected chi connectivity index (χ4v) is 11.9. The van der Waals surface area contributed by atoms with Crippen molar-refractivity contribution in [3.8, 4) is 0 Å². The number of hydrogen-bond donors (Lipinski definition) is 12. The van der Waals surface area contributed by atoms with E-state index in [1.807, 2.05) is 0 Å². The van der Waals surface area contributed by atoms with Gasteiger partial charge in [0.25, 0.3) is 0 Å². The summed E-state index contributed by atoms with van der Waals surface area (Å²) in [6.45, 7) is 1.84. The van der Waals surface area contributed by atoms with E-state index in [1.54, 1.807) is 0 Å².